The largest absolute Gasteiger partial charge is 0.477 e. The van der Waals surface area contributed by atoms with Crippen LogP contribution in [0.25, 0.3) is 0 Å². The predicted octanol–water partition coefficient (Wildman–Crippen LogP) is 0.574. The molecule has 2 atom stereocenters. The van der Waals surface area contributed by atoms with Crippen molar-refractivity contribution in [1.82, 2.24) is 15.2 Å². The van der Waals surface area contributed by atoms with E-state index in [0.717, 1.165) is 4.90 Å². The number of carbonyl (C=O) groups excluding carboxylic acids is 3. The monoisotopic (exact) mass is 468 g/mol. The summed E-state index contributed by atoms with van der Waals surface area (Å²) in [5, 5.41) is 16.5. The lowest BCUT2D eigenvalue weighted by Crippen LogP contribution is -2.70. The van der Waals surface area contributed by atoms with Crippen molar-refractivity contribution in [3.8, 4) is 0 Å². The molecule has 0 bridgehead atoms. The summed E-state index contributed by atoms with van der Waals surface area (Å²) in [4.78, 5) is 58.5. The molecule has 1 aromatic heterocycles. The molecule has 1 saturated heterocycles. The Morgan fingerprint density at radius 2 is 2.13 bits per heavy atom. The van der Waals surface area contributed by atoms with Gasteiger partial charge in [0.1, 0.15) is 28.4 Å². The topological polar surface area (TPSA) is 147 Å². The molecule has 0 radical (unpaired) electrons. The van der Waals surface area contributed by atoms with Gasteiger partial charge in [-0.05, 0) is 26.8 Å². The SMILES string of the molecule is CC(C)(C)OC(=O)CO/N=C(\C(=O)NC1C(=O)N2C(C(=O)O)=CCS[C@H]12)c1cscn1. The molecule has 31 heavy (non-hydrogen) atoms. The predicted molar refractivity (Wildman–Crippen MR) is 111 cm³/mol. The number of carboxylic acids is 1. The molecule has 13 heteroatoms. The first-order chi connectivity index (χ1) is 14.6. The van der Waals surface area contributed by atoms with Crippen LogP contribution >= 0.6 is 23.1 Å². The molecule has 0 saturated carbocycles. The van der Waals surface area contributed by atoms with E-state index in [4.69, 9.17) is 9.57 Å². The number of hydrogen-bond acceptors (Lipinski definition) is 10. The average Bonchev–Trinajstić information content (AvgIpc) is 3.21. The Balaban J connectivity index is 1.68. The number of nitrogens with zero attached hydrogens (tertiary/aromatic N) is 3. The van der Waals surface area contributed by atoms with Gasteiger partial charge in [-0.2, -0.15) is 0 Å². The highest BCUT2D eigenvalue weighted by Gasteiger charge is 2.53. The second-order valence-electron chi connectivity index (χ2n) is 7.45. The summed E-state index contributed by atoms with van der Waals surface area (Å²) in [5.41, 5.74) is 0.678. The quantitative estimate of drug-likeness (QED) is 0.254. The van der Waals surface area contributed by atoms with Crippen molar-refractivity contribution in [2.45, 2.75) is 37.8 Å². The third kappa shape index (κ3) is 5.22. The lowest BCUT2D eigenvalue weighted by molar-refractivity contribution is -0.160. The maximum Gasteiger partial charge on any atom is 0.352 e. The molecule has 3 heterocycles. The van der Waals surface area contributed by atoms with E-state index in [1.165, 1.54) is 34.7 Å². The summed E-state index contributed by atoms with van der Waals surface area (Å²) >= 11 is 2.55. The van der Waals surface area contributed by atoms with Crippen LogP contribution in [0.5, 0.6) is 0 Å². The zero-order valence-electron chi connectivity index (χ0n) is 16.9. The van der Waals surface area contributed by atoms with Crippen LogP contribution in [-0.4, -0.2) is 73.8 Å². The second kappa shape index (κ2) is 9.06. The lowest BCUT2D eigenvalue weighted by atomic mass is 10.0. The first-order valence-electron chi connectivity index (χ1n) is 9.08. The molecule has 1 unspecified atom stereocenters. The number of fused-ring (bicyclic) bond motifs is 1. The highest BCUT2D eigenvalue weighted by atomic mass is 32.2. The van der Waals surface area contributed by atoms with Crippen molar-refractivity contribution < 1.29 is 33.9 Å². The molecule has 11 nitrogen and oxygen atoms in total. The molecule has 2 aliphatic heterocycles. The maximum absolute atomic E-state index is 12.8. The van der Waals surface area contributed by atoms with Gasteiger partial charge in [-0.3, -0.25) is 14.5 Å². The number of carboxylic acid groups (broad SMARTS) is 1. The van der Waals surface area contributed by atoms with E-state index in [1.807, 2.05) is 0 Å². The molecule has 1 fully saturated rings. The van der Waals surface area contributed by atoms with Gasteiger partial charge in [0.05, 0.1) is 5.51 Å². The Bertz CT molecular complexity index is 953. The third-order valence-electron chi connectivity index (χ3n) is 4.00. The fourth-order valence-electron chi connectivity index (χ4n) is 2.80. The van der Waals surface area contributed by atoms with Gasteiger partial charge in [0.15, 0.2) is 5.71 Å². The highest BCUT2D eigenvalue weighted by molar-refractivity contribution is 8.00. The van der Waals surface area contributed by atoms with Gasteiger partial charge in [0, 0.05) is 11.1 Å². The zero-order valence-corrected chi connectivity index (χ0v) is 18.5. The van der Waals surface area contributed by atoms with E-state index in [-0.39, 0.29) is 17.1 Å². The van der Waals surface area contributed by atoms with Gasteiger partial charge in [0.2, 0.25) is 6.61 Å². The maximum atomic E-state index is 12.8. The second-order valence-corrected chi connectivity index (χ2v) is 9.32. The van der Waals surface area contributed by atoms with Crippen molar-refractivity contribution in [2.75, 3.05) is 12.4 Å². The Hall–Kier alpha value is -2.93. The Morgan fingerprint density at radius 1 is 1.39 bits per heavy atom. The average molecular weight is 469 g/mol. The molecule has 1 aromatic rings. The number of β-lactam (4-membered cyclic amide) rings is 1. The molecule has 166 valence electrons. The van der Waals surface area contributed by atoms with Gasteiger partial charge >= 0.3 is 11.9 Å². The van der Waals surface area contributed by atoms with Crippen LogP contribution in [0.1, 0.15) is 26.5 Å². The van der Waals surface area contributed by atoms with E-state index in [2.05, 4.69) is 15.5 Å². The van der Waals surface area contributed by atoms with Crippen molar-refractivity contribution in [3.63, 3.8) is 0 Å². The number of oxime groups is 1. The van der Waals surface area contributed by atoms with Crippen LogP contribution in [0.4, 0.5) is 0 Å². The molecule has 0 spiro atoms. The number of hydrogen-bond donors (Lipinski definition) is 2. The van der Waals surface area contributed by atoms with Crippen LogP contribution in [0.3, 0.4) is 0 Å². The van der Waals surface area contributed by atoms with E-state index in [0.29, 0.717) is 5.75 Å². The molecular formula is C18H20N4O7S2. The molecular weight excluding hydrogens is 448 g/mol. The summed E-state index contributed by atoms with van der Waals surface area (Å²) in [7, 11) is 0. The van der Waals surface area contributed by atoms with Gasteiger partial charge < -0.3 is 20.0 Å². The number of esters is 1. The number of nitrogens with one attached hydrogen (secondary N) is 1. The minimum atomic E-state index is -1.20. The minimum absolute atomic E-state index is 0.103. The standard InChI is InChI=1S/C18H20N4O7S2/c1-18(2,3)29-11(23)6-28-21-12(9-7-30-8-19-9)14(24)20-13-15(25)22-10(17(26)27)4-5-31-16(13)22/h4,7-8,13,16H,5-6H2,1-3H3,(H,20,24)(H,26,27)/b21-12-/t13?,16-/m1/s1. The summed E-state index contributed by atoms with van der Waals surface area (Å²) in [6.45, 7) is 4.60. The molecule has 3 rings (SSSR count). The molecule has 2 amide bonds. The third-order valence-corrected chi connectivity index (χ3v) is 5.77. The number of ether oxygens (including phenoxy) is 1. The van der Waals surface area contributed by atoms with E-state index >= 15 is 0 Å². The van der Waals surface area contributed by atoms with Gasteiger partial charge in [-0.1, -0.05) is 5.16 Å². The van der Waals surface area contributed by atoms with Crippen LogP contribution in [0, 0.1) is 0 Å². The smallest absolute Gasteiger partial charge is 0.352 e. The van der Waals surface area contributed by atoms with Crippen LogP contribution in [0.2, 0.25) is 0 Å². The van der Waals surface area contributed by atoms with Crippen molar-refractivity contribution >= 4 is 52.6 Å². The van der Waals surface area contributed by atoms with E-state index < -0.39 is 47.4 Å². The number of aromatic nitrogens is 1. The summed E-state index contributed by atoms with van der Waals surface area (Å²) in [6, 6.07) is -0.921. The fraction of sp³-hybridized carbons (Fsp3) is 0.444. The minimum Gasteiger partial charge on any atom is -0.477 e. The molecule has 0 aromatic carbocycles. The fourth-order valence-corrected chi connectivity index (χ4v) is 4.53. The van der Waals surface area contributed by atoms with Crippen LogP contribution < -0.4 is 5.32 Å². The van der Waals surface area contributed by atoms with Crippen molar-refractivity contribution in [3.05, 3.63) is 28.4 Å². The molecule has 0 aliphatic carbocycles. The van der Waals surface area contributed by atoms with Crippen molar-refractivity contribution in [1.29, 1.82) is 0 Å². The summed E-state index contributed by atoms with van der Waals surface area (Å²) < 4.78 is 5.11. The Labute approximate surface area is 185 Å². The number of amides is 2. The Morgan fingerprint density at radius 3 is 2.74 bits per heavy atom. The van der Waals surface area contributed by atoms with Gasteiger partial charge in [-0.15, -0.1) is 23.1 Å². The van der Waals surface area contributed by atoms with Crippen LogP contribution in [0.15, 0.2) is 27.8 Å². The molecule has 2 aliphatic rings. The Kier molecular flexibility index (Phi) is 6.65. The number of aliphatic carboxylic acids is 1. The summed E-state index contributed by atoms with van der Waals surface area (Å²) in [5.74, 6) is -2.74. The van der Waals surface area contributed by atoms with E-state index in [1.54, 1.807) is 26.2 Å². The number of carbonyl (C=O) groups is 4. The van der Waals surface area contributed by atoms with Crippen LogP contribution in [-0.2, 0) is 28.8 Å². The number of rotatable bonds is 7. The zero-order chi connectivity index (χ0) is 22.8. The van der Waals surface area contributed by atoms with Gasteiger partial charge in [0.25, 0.3) is 11.8 Å². The first-order valence-corrected chi connectivity index (χ1v) is 11.1. The number of thioether (sulfide) groups is 1. The van der Waals surface area contributed by atoms with Gasteiger partial charge in [-0.25, -0.2) is 14.6 Å². The summed E-state index contributed by atoms with van der Waals surface area (Å²) in [6.07, 6.45) is 1.45. The number of thiazole rings is 1. The normalized spacial score (nSPS) is 20.9. The highest BCUT2D eigenvalue weighted by Crippen LogP contribution is 2.37. The molecule has 2 N–H and O–H groups in total. The van der Waals surface area contributed by atoms with E-state index in [9.17, 15) is 24.3 Å². The van der Waals surface area contributed by atoms with Crippen molar-refractivity contribution in [2.24, 2.45) is 5.16 Å². The first kappa shape index (κ1) is 22.7. The lowest BCUT2D eigenvalue weighted by Gasteiger charge is -2.48.